The summed E-state index contributed by atoms with van der Waals surface area (Å²) in [5, 5.41) is 8.53. The summed E-state index contributed by atoms with van der Waals surface area (Å²) in [5.74, 6) is -0.314. The van der Waals surface area contributed by atoms with E-state index >= 15 is 0 Å². The second-order valence-corrected chi connectivity index (χ2v) is 6.69. The van der Waals surface area contributed by atoms with Crippen molar-refractivity contribution in [2.24, 2.45) is 7.05 Å². The van der Waals surface area contributed by atoms with Gasteiger partial charge in [0.25, 0.3) is 0 Å². The number of fused-ring (bicyclic) bond motifs is 1. The third kappa shape index (κ3) is 4.95. The first-order valence-electron chi connectivity index (χ1n) is 8.57. The molecule has 0 atom stereocenters. The molecule has 1 N–H and O–H groups in total. The maximum absolute atomic E-state index is 12.2. The summed E-state index contributed by atoms with van der Waals surface area (Å²) in [4.78, 5) is 32.0. The topological polar surface area (TPSA) is 99.0 Å². The number of carbonyl (C=O) groups is 2. The Morgan fingerprint density at radius 2 is 2.04 bits per heavy atom. The number of thioether (sulfide) groups is 1. The highest BCUT2D eigenvalue weighted by atomic mass is 32.2. The average molecular weight is 397 g/mol. The highest BCUT2D eigenvalue weighted by molar-refractivity contribution is 8.00. The van der Waals surface area contributed by atoms with Gasteiger partial charge in [0.05, 0.1) is 23.9 Å². The van der Waals surface area contributed by atoms with E-state index in [2.05, 4.69) is 20.4 Å². The summed E-state index contributed by atoms with van der Waals surface area (Å²) in [6.07, 6.45) is 6.19. The van der Waals surface area contributed by atoms with Gasteiger partial charge >= 0.3 is 5.97 Å². The molecule has 3 rings (SSSR count). The fraction of sp³-hybridized carbons (Fsp3) is 0.211. The number of aromatic nitrogens is 4. The van der Waals surface area contributed by atoms with Crippen molar-refractivity contribution in [1.29, 1.82) is 0 Å². The van der Waals surface area contributed by atoms with E-state index in [-0.39, 0.29) is 17.6 Å². The minimum absolute atomic E-state index is 0.143. The fourth-order valence-electron chi connectivity index (χ4n) is 2.42. The zero-order valence-corrected chi connectivity index (χ0v) is 16.3. The van der Waals surface area contributed by atoms with Gasteiger partial charge in [-0.3, -0.25) is 9.48 Å². The van der Waals surface area contributed by atoms with E-state index in [9.17, 15) is 9.59 Å². The monoisotopic (exact) mass is 397 g/mol. The van der Waals surface area contributed by atoms with Crippen LogP contribution in [-0.4, -0.2) is 44.0 Å². The number of rotatable bonds is 7. The number of hydrogen-bond donors (Lipinski definition) is 1. The Morgan fingerprint density at radius 3 is 2.79 bits per heavy atom. The van der Waals surface area contributed by atoms with Crippen LogP contribution in [0.4, 0.5) is 5.69 Å². The van der Waals surface area contributed by atoms with Gasteiger partial charge in [-0.25, -0.2) is 14.8 Å². The number of nitrogens with one attached hydrogen (secondary N) is 1. The Labute approximate surface area is 166 Å². The van der Waals surface area contributed by atoms with Crippen molar-refractivity contribution in [3.8, 4) is 0 Å². The van der Waals surface area contributed by atoms with Crippen molar-refractivity contribution in [2.45, 2.75) is 11.9 Å². The molecule has 8 nitrogen and oxygen atoms in total. The summed E-state index contributed by atoms with van der Waals surface area (Å²) in [7, 11) is 1.81. The maximum atomic E-state index is 12.2. The molecule has 0 radical (unpaired) electrons. The number of carbonyl (C=O) groups excluding carboxylic acids is 2. The Balaban J connectivity index is 1.55. The summed E-state index contributed by atoms with van der Waals surface area (Å²) in [6.45, 7) is 2.10. The number of hydrogen-bond acceptors (Lipinski definition) is 7. The van der Waals surface area contributed by atoms with Crippen molar-refractivity contribution >= 4 is 46.4 Å². The van der Waals surface area contributed by atoms with Crippen LogP contribution >= 0.6 is 11.8 Å². The Hall–Kier alpha value is -3.20. The van der Waals surface area contributed by atoms with Crippen LogP contribution in [0, 0.1) is 0 Å². The van der Waals surface area contributed by atoms with E-state index < -0.39 is 0 Å². The number of ether oxygens (including phenoxy) is 1. The summed E-state index contributed by atoms with van der Waals surface area (Å²) < 4.78 is 6.50. The van der Waals surface area contributed by atoms with Crippen LogP contribution in [0.3, 0.4) is 0 Å². The molecule has 0 bridgehead atoms. The Bertz CT molecular complexity index is 1010. The van der Waals surface area contributed by atoms with Gasteiger partial charge in [-0.1, -0.05) is 23.9 Å². The molecule has 0 saturated carbocycles. The van der Waals surface area contributed by atoms with Crippen LogP contribution in [-0.2, 0) is 21.4 Å². The zero-order chi connectivity index (χ0) is 19.9. The Morgan fingerprint density at radius 1 is 1.25 bits per heavy atom. The summed E-state index contributed by atoms with van der Waals surface area (Å²) in [5.41, 5.74) is 2.23. The lowest BCUT2D eigenvalue weighted by atomic mass is 10.2. The molecule has 3 aromatic rings. The standard InChI is InChI=1S/C19H19N5O3S/c1-3-27-17(26)9-6-13-4-7-14(8-5-13)23-16(25)11-28-19-15-10-22-24(2)18(15)20-12-21-19/h4-10,12H,3,11H2,1-2H3,(H,23,25)/b9-6+. The SMILES string of the molecule is CCOC(=O)/C=C/c1ccc(NC(=O)CSc2ncnc3c2cnn3C)cc1. The van der Waals surface area contributed by atoms with Crippen molar-refractivity contribution in [3.05, 3.63) is 48.4 Å². The molecule has 0 fully saturated rings. The molecule has 0 aliphatic rings. The number of benzene rings is 1. The minimum Gasteiger partial charge on any atom is -0.463 e. The molecule has 2 heterocycles. The van der Waals surface area contributed by atoms with Crippen molar-refractivity contribution < 1.29 is 14.3 Å². The number of nitrogens with zero attached hydrogens (tertiary/aromatic N) is 4. The largest absolute Gasteiger partial charge is 0.463 e. The highest BCUT2D eigenvalue weighted by Gasteiger charge is 2.10. The van der Waals surface area contributed by atoms with E-state index in [0.29, 0.717) is 17.3 Å². The molecule has 0 aliphatic carbocycles. The van der Waals surface area contributed by atoms with E-state index in [4.69, 9.17) is 4.74 Å². The van der Waals surface area contributed by atoms with E-state index in [1.54, 1.807) is 36.0 Å². The second kappa shape index (κ2) is 9.14. The van der Waals surface area contributed by atoms with Gasteiger partial charge in [-0.2, -0.15) is 5.10 Å². The number of esters is 1. The van der Waals surface area contributed by atoms with Crippen LogP contribution in [0.2, 0.25) is 0 Å². The third-order valence-corrected chi connectivity index (χ3v) is 4.73. The van der Waals surface area contributed by atoms with E-state index in [1.807, 2.05) is 19.2 Å². The summed E-state index contributed by atoms with van der Waals surface area (Å²) >= 11 is 1.33. The molecule has 0 saturated heterocycles. The van der Waals surface area contributed by atoms with Gasteiger partial charge in [0.15, 0.2) is 5.65 Å². The molecular weight excluding hydrogens is 378 g/mol. The molecule has 0 unspecified atom stereocenters. The molecule has 9 heteroatoms. The normalized spacial score (nSPS) is 11.1. The van der Waals surface area contributed by atoms with Crippen molar-refractivity contribution in [2.75, 3.05) is 17.7 Å². The van der Waals surface area contributed by atoms with E-state index in [1.165, 1.54) is 24.2 Å². The fourth-order valence-corrected chi connectivity index (χ4v) is 3.18. The Kier molecular flexibility index (Phi) is 6.38. The highest BCUT2D eigenvalue weighted by Crippen LogP contribution is 2.24. The molecule has 28 heavy (non-hydrogen) atoms. The van der Waals surface area contributed by atoms with Gasteiger partial charge in [-0.05, 0) is 30.7 Å². The van der Waals surface area contributed by atoms with Crippen molar-refractivity contribution in [1.82, 2.24) is 19.7 Å². The second-order valence-electron chi connectivity index (χ2n) is 5.73. The van der Waals surface area contributed by atoms with Gasteiger partial charge < -0.3 is 10.1 Å². The smallest absolute Gasteiger partial charge is 0.330 e. The lowest BCUT2D eigenvalue weighted by Gasteiger charge is -2.06. The first-order valence-corrected chi connectivity index (χ1v) is 9.55. The quantitative estimate of drug-likeness (QED) is 0.283. The maximum Gasteiger partial charge on any atom is 0.330 e. The van der Waals surface area contributed by atoms with Crippen LogP contribution < -0.4 is 5.32 Å². The molecule has 0 aliphatic heterocycles. The van der Waals surface area contributed by atoms with Crippen molar-refractivity contribution in [3.63, 3.8) is 0 Å². The molecule has 0 spiro atoms. The van der Waals surface area contributed by atoms with Gasteiger partial charge in [-0.15, -0.1) is 0 Å². The van der Waals surface area contributed by atoms with Crippen LogP contribution in [0.5, 0.6) is 0 Å². The van der Waals surface area contributed by atoms with Crippen LogP contribution in [0.15, 0.2) is 47.9 Å². The molecule has 1 amide bonds. The number of aryl methyl sites for hydroxylation is 1. The lowest BCUT2D eigenvalue weighted by molar-refractivity contribution is -0.137. The first kappa shape index (κ1) is 19.6. The molecule has 144 valence electrons. The average Bonchev–Trinajstić information content (AvgIpc) is 3.08. The number of amides is 1. The van der Waals surface area contributed by atoms with Crippen LogP contribution in [0.25, 0.3) is 17.1 Å². The van der Waals surface area contributed by atoms with E-state index in [0.717, 1.165) is 16.6 Å². The first-order chi connectivity index (χ1) is 13.6. The van der Waals surface area contributed by atoms with Gasteiger partial charge in [0.2, 0.25) is 5.91 Å². The molecule has 2 aromatic heterocycles. The van der Waals surface area contributed by atoms with Crippen LogP contribution in [0.1, 0.15) is 12.5 Å². The van der Waals surface area contributed by atoms with Gasteiger partial charge in [0.1, 0.15) is 11.4 Å². The predicted octanol–water partition coefficient (Wildman–Crippen LogP) is 2.67. The van der Waals surface area contributed by atoms with Gasteiger partial charge in [0, 0.05) is 18.8 Å². The molecular formula is C19H19N5O3S. The number of anilines is 1. The summed E-state index contributed by atoms with van der Waals surface area (Å²) in [6, 6.07) is 7.17. The zero-order valence-electron chi connectivity index (χ0n) is 15.5. The third-order valence-electron chi connectivity index (χ3n) is 3.73. The minimum atomic E-state index is -0.385. The lowest BCUT2D eigenvalue weighted by Crippen LogP contribution is -2.14. The predicted molar refractivity (Wildman–Crippen MR) is 108 cm³/mol. The molecule has 1 aromatic carbocycles.